The monoisotopic (exact) mass is 246 g/mol. The van der Waals surface area contributed by atoms with Gasteiger partial charge in [0.05, 0.1) is 6.61 Å². The van der Waals surface area contributed by atoms with Crippen LogP contribution in [0.4, 0.5) is 5.69 Å². The van der Waals surface area contributed by atoms with Crippen LogP contribution in [0.3, 0.4) is 0 Å². The molecule has 98 valence electrons. The summed E-state index contributed by atoms with van der Waals surface area (Å²) in [5.74, 6) is 1.79. The van der Waals surface area contributed by atoms with Crippen LogP contribution in [-0.2, 0) is 0 Å². The Hall–Kier alpha value is -1.22. The molecule has 0 aromatic heterocycles. The normalized spacial score (nSPS) is 27.1. The molecule has 1 aromatic carbocycles. The summed E-state index contributed by atoms with van der Waals surface area (Å²) in [6.45, 7) is 6.27. The summed E-state index contributed by atoms with van der Waals surface area (Å²) in [5.41, 5.74) is 1.34. The van der Waals surface area contributed by atoms with Crippen LogP contribution in [0, 0.1) is 5.92 Å². The molecule has 1 N–H and O–H groups in total. The van der Waals surface area contributed by atoms with Gasteiger partial charge in [-0.05, 0) is 56.5 Å². The van der Waals surface area contributed by atoms with Gasteiger partial charge in [0.15, 0.2) is 0 Å². The summed E-state index contributed by atoms with van der Waals surface area (Å²) < 4.78 is 5.50. The summed E-state index contributed by atoms with van der Waals surface area (Å²) in [5, 5.41) is 3.57. The van der Waals surface area contributed by atoms with Gasteiger partial charge in [-0.1, -0.05) is 0 Å². The van der Waals surface area contributed by atoms with E-state index >= 15 is 0 Å². The van der Waals surface area contributed by atoms with Gasteiger partial charge < -0.3 is 15.0 Å². The van der Waals surface area contributed by atoms with Crippen LogP contribution in [0.1, 0.15) is 19.8 Å². The first-order valence-electron chi connectivity index (χ1n) is 7.07. The summed E-state index contributed by atoms with van der Waals surface area (Å²) >= 11 is 0. The first-order chi connectivity index (χ1) is 8.86. The van der Waals surface area contributed by atoms with E-state index in [0.29, 0.717) is 6.04 Å². The summed E-state index contributed by atoms with van der Waals surface area (Å²) in [7, 11) is 0. The lowest BCUT2D eigenvalue weighted by Crippen LogP contribution is -2.43. The molecule has 3 heterocycles. The molecule has 18 heavy (non-hydrogen) atoms. The summed E-state index contributed by atoms with van der Waals surface area (Å²) in [4.78, 5) is 2.57. The van der Waals surface area contributed by atoms with Gasteiger partial charge in [0.25, 0.3) is 0 Å². The maximum atomic E-state index is 5.50. The van der Waals surface area contributed by atoms with Crippen LogP contribution in [0.2, 0.25) is 0 Å². The third-order valence-electron chi connectivity index (χ3n) is 4.10. The number of hydrogen-bond acceptors (Lipinski definition) is 3. The third kappa shape index (κ3) is 2.32. The van der Waals surface area contributed by atoms with E-state index in [0.717, 1.165) is 24.8 Å². The minimum Gasteiger partial charge on any atom is -0.494 e. The second-order valence-electron chi connectivity index (χ2n) is 5.33. The molecule has 3 aliphatic rings. The predicted molar refractivity (Wildman–Crippen MR) is 74.3 cm³/mol. The Balaban J connectivity index is 1.77. The van der Waals surface area contributed by atoms with Gasteiger partial charge in [0, 0.05) is 24.8 Å². The molecular weight excluding hydrogens is 224 g/mol. The van der Waals surface area contributed by atoms with Crippen LogP contribution in [0.25, 0.3) is 0 Å². The van der Waals surface area contributed by atoms with Crippen molar-refractivity contribution in [3.63, 3.8) is 0 Å². The number of nitrogens with one attached hydrogen (secondary N) is 1. The highest BCUT2D eigenvalue weighted by atomic mass is 16.5. The molecule has 1 unspecified atom stereocenters. The highest BCUT2D eigenvalue weighted by molar-refractivity contribution is 5.50. The molecule has 3 saturated heterocycles. The molecule has 3 fully saturated rings. The van der Waals surface area contributed by atoms with Crippen molar-refractivity contribution in [2.45, 2.75) is 25.8 Å². The maximum Gasteiger partial charge on any atom is 0.119 e. The Labute approximate surface area is 109 Å². The number of benzene rings is 1. The zero-order valence-corrected chi connectivity index (χ0v) is 11.1. The lowest BCUT2D eigenvalue weighted by molar-refractivity contribution is 0.340. The molecule has 2 atom stereocenters. The van der Waals surface area contributed by atoms with E-state index < -0.39 is 0 Å². The Bertz CT molecular complexity index is 386. The van der Waals surface area contributed by atoms with Crippen LogP contribution in [0.5, 0.6) is 5.75 Å². The van der Waals surface area contributed by atoms with Crippen LogP contribution < -0.4 is 15.0 Å². The summed E-state index contributed by atoms with van der Waals surface area (Å²) in [6, 6.07) is 9.24. The van der Waals surface area contributed by atoms with Gasteiger partial charge in [0.1, 0.15) is 5.75 Å². The van der Waals surface area contributed by atoms with E-state index in [1.54, 1.807) is 0 Å². The molecule has 0 spiro atoms. The van der Waals surface area contributed by atoms with Gasteiger partial charge in [-0.25, -0.2) is 0 Å². The number of anilines is 1. The van der Waals surface area contributed by atoms with Gasteiger partial charge in [-0.15, -0.1) is 0 Å². The van der Waals surface area contributed by atoms with Crippen molar-refractivity contribution in [2.24, 2.45) is 5.92 Å². The topological polar surface area (TPSA) is 24.5 Å². The third-order valence-corrected chi connectivity index (χ3v) is 4.10. The van der Waals surface area contributed by atoms with Gasteiger partial charge in [-0.2, -0.15) is 0 Å². The standard InChI is InChI=1S/C15H22N2O/c1-2-18-15-7-5-13(6-8-15)17-11-12-3-4-14(17)10-16-9-12/h5-8,12,14,16H,2-4,9-11H2,1H3/t12-,14?/m1/s1. The quantitative estimate of drug-likeness (QED) is 0.885. The highest BCUT2D eigenvalue weighted by Crippen LogP contribution is 2.30. The molecule has 1 aromatic rings. The Morgan fingerprint density at radius 1 is 1.22 bits per heavy atom. The minimum absolute atomic E-state index is 0.668. The molecule has 0 radical (unpaired) electrons. The molecule has 0 saturated carbocycles. The van der Waals surface area contributed by atoms with Crippen molar-refractivity contribution >= 4 is 5.69 Å². The molecular formula is C15H22N2O. The zero-order valence-electron chi connectivity index (χ0n) is 11.1. The molecule has 4 rings (SSSR count). The van der Waals surface area contributed by atoms with Crippen molar-refractivity contribution in [1.82, 2.24) is 5.32 Å². The van der Waals surface area contributed by atoms with Gasteiger partial charge >= 0.3 is 0 Å². The minimum atomic E-state index is 0.668. The van der Waals surface area contributed by atoms with Crippen molar-refractivity contribution in [1.29, 1.82) is 0 Å². The number of ether oxygens (including phenoxy) is 1. The first-order valence-corrected chi connectivity index (χ1v) is 7.07. The van der Waals surface area contributed by atoms with Crippen LogP contribution in [0.15, 0.2) is 24.3 Å². The fraction of sp³-hybridized carbons (Fsp3) is 0.600. The zero-order chi connectivity index (χ0) is 12.4. The summed E-state index contributed by atoms with van der Waals surface area (Å²) in [6.07, 6.45) is 2.70. The average Bonchev–Trinajstić information content (AvgIpc) is 2.75. The number of piperidine rings is 1. The van der Waals surface area contributed by atoms with E-state index in [2.05, 4.69) is 34.5 Å². The molecule has 3 heteroatoms. The van der Waals surface area contributed by atoms with Crippen LogP contribution >= 0.6 is 0 Å². The van der Waals surface area contributed by atoms with E-state index in [9.17, 15) is 0 Å². The lowest BCUT2D eigenvalue weighted by atomic mass is 9.94. The highest BCUT2D eigenvalue weighted by Gasteiger charge is 2.31. The van der Waals surface area contributed by atoms with Crippen molar-refractivity contribution in [3.8, 4) is 5.75 Å². The van der Waals surface area contributed by atoms with Crippen molar-refractivity contribution < 1.29 is 4.74 Å². The van der Waals surface area contributed by atoms with Crippen molar-refractivity contribution in [3.05, 3.63) is 24.3 Å². The Kier molecular flexibility index (Phi) is 3.41. The van der Waals surface area contributed by atoms with E-state index in [1.807, 2.05) is 6.92 Å². The number of hydrogen-bond donors (Lipinski definition) is 1. The molecule has 0 aliphatic carbocycles. The predicted octanol–water partition coefficient (Wildman–Crippen LogP) is 2.27. The smallest absolute Gasteiger partial charge is 0.119 e. The second-order valence-corrected chi connectivity index (χ2v) is 5.33. The fourth-order valence-electron chi connectivity index (χ4n) is 3.15. The van der Waals surface area contributed by atoms with Crippen LogP contribution in [-0.4, -0.2) is 32.3 Å². The number of fused-ring (bicyclic) bond motifs is 4. The van der Waals surface area contributed by atoms with Gasteiger partial charge in [-0.3, -0.25) is 0 Å². The second kappa shape index (κ2) is 5.19. The van der Waals surface area contributed by atoms with Crippen molar-refractivity contribution in [2.75, 3.05) is 31.1 Å². The number of nitrogens with zero attached hydrogens (tertiary/aromatic N) is 1. The van der Waals surface area contributed by atoms with E-state index in [1.165, 1.54) is 31.6 Å². The van der Waals surface area contributed by atoms with E-state index in [-0.39, 0.29) is 0 Å². The molecule has 3 nitrogen and oxygen atoms in total. The lowest BCUT2D eigenvalue weighted by Gasteiger charge is -2.38. The largest absolute Gasteiger partial charge is 0.494 e. The Morgan fingerprint density at radius 2 is 2.06 bits per heavy atom. The SMILES string of the molecule is CCOc1ccc(N2C[C@@H]3CCC2CNC3)cc1. The fourth-order valence-corrected chi connectivity index (χ4v) is 3.15. The van der Waals surface area contributed by atoms with Gasteiger partial charge in [0.2, 0.25) is 0 Å². The molecule has 3 aliphatic heterocycles. The average molecular weight is 246 g/mol. The molecule has 2 bridgehead atoms. The Morgan fingerprint density at radius 3 is 2.83 bits per heavy atom. The maximum absolute atomic E-state index is 5.50. The molecule has 0 amide bonds. The first kappa shape index (κ1) is 11.8. The number of rotatable bonds is 3. The van der Waals surface area contributed by atoms with E-state index in [4.69, 9.17) is 4.74 Å².